The van der Waals surface area contributed by atoms with Gasteiger partial charge >= 0.3 is 5.97 Å². The van der Waals surface area contributed by atoms with Crippen molar-refractivity contribution in [2.75, 3.05) is 7.11 Å². The van der Waals surface area contributed by atoms with Gasteiger partial charge in [-0.1, -0.05) is 19.1 Å². The summed E-state index contributed by atoms with van der Waals surface area (Å²) in [6.45, 7) is 5.86. The van der Waals surface area contributed by atoms with Gasteiger partial charge in [0.25, 0.3) is 0 Å². The van der Waals surface area contributed by atoms with E-state index in [9.17, 15) is 4.79 Å². The number of hydrogen-bond acceptors (Lipinski definition) is 3. The minimum Gasteiger partial charge on any atom is -0.465 e. The molecule has 0 bridgehead atoms. The topological polar surface area (TPSA) is 26.3 Å². The molecule has 0 saturated heterocycles. The first-order valence-electron chi connectivity index (χ1n) is 4.82. The predicted octanol–water partition coefficient (Wildman–Crippen LogP) is 3.04. The summed E-state index contributed by atoms with van der Waals surface area (Å²) in [5.41, 5.74) is 2.34. The molecule has 81 valence electrons. The lowest BCUT2D eigenvalue weighted by molar-refractivity contribution is 0.0599. The van der Waals surface area contributed by atoms with Gasteiger partial charge in [0.15, 0.2) is 0 Å². The van der Waals surface area contributed by atoms with E-state index in [1.54, 1.807) is 12.1 Å². The molecular weight excluding hydrogens is 208 g/mol. The zero-order valence-corrected chi connectivity index (χ0v) is 9.88. The summed E-state index contributed by atoms with van der Waals surface area (Å²) >= 11 is 4.43. The van der Waals surface area contributed by atoms with Gasteiger partial charge in [-0.05, 0) is 30.5 Å². The molecule has 0 aromatic heterocycles. The van der Waals surface area contributed by atoms with Crippen molar-refractivity contribution in [3.8, 4) is 0 Å². The molecule has 2 nitrogen and oxygen atoms in total. The second kappa shape index (κ2) is 5.21. The summed E-state index contributed by atoms with van der Waals surface area (Å²) in [6.07, 6.45) is 0.858. The summed E-state index contributed by atoms with van der Waals surface area (Å²) in [4.78, 5) is 11.5. The Morgan fingerprint density at radius 3 is 2.80 bits per heavy atom. The van der Waals surface area contributed by atoms with E-state index >= 15 is 0 Å². The van der Waals surface area contributed by atoms with Crippen LogP contribution in [-0.4, -0.2) is 13.1 Å². The highest BCUT2D eigenvalue weighted by atomic mass is 32.1. The third kappa shape index (κ3) is 2.75. The summed E-state index contributed by atoms with van der Waals surface area (Å²) in [7, 11) is 1.38. The van der Waals surface area contributed by atoms with E-state index < -0.39 is 0 Å². The first-order chi connectivity index (χ1) is 7.10. The minimum atomic E-state index is -0.322. The Labute approximate surface area is 96.1 Å². The smallest absolute Gasteiger partial charge is 0.338 e. The molecule has 0 N–H and O–H groups in total. The summed E-state index contributed by atoms with van der Waals surface area (Å²) in [6, 6.07) is 5.42. The standard InChI is InChI=1S/C12H15O2S/c1-4-11(15)10-7-8(2)5-6-9(10)12(13)14-3/h5-7,11,15H,2,4H2,1,3H3. The largest absolute Gasteiger partial charge is 0.465 e. The first kappa shape index (κ1) is 12.1. The molecule has 0 spiro atoms. The average molecular weight is 223 g/mol. The number of ether oxygens (including phenoxy) is 1. The molecule has 1 aromatic carbocycles. The highest BCUT2D eigenvalue weighted by molar-refractivity contribution is 7.80. The molecule has 0 heterocycles. The van der Waals surface area contributed by atoms with Crippen molar-refractivity contribution in [1.29, 1.82) is 0 Å². The van der Waals surface area contributed by atoms with Crippen molar-refractivity contribution < 1.29 is 9.53 Å². The Morgan fingerprint density at radius 1 is 1.60 bits per heavy atom. The monoisotopic (exact) mass is 223 g/mol. The van der Waals surface area contributed by atoms with Crippen LogP contribution in [0.2, 0.25) is 0 Å². The Morgan fingerprint density at radius 2 is 2.27 bits per heavy atom. The van der Waals surface area contributed by atoms with Crippen LogP contribution >= 0.6 is 12.6 Å². The maximum atomic E-state index is 11.5. The number of esters is 1. The Hall–Kier alpha value is -0.960. The zero-order chi connectivity index (χ0) is 11.4. The number of carbonyl (C=O) groups is 1. The molecule has 1 aromatic rings. The quantitative estimate of drug-likeness (QED) is 0.629. The van der Waals surface area contributed by atoms with E-state index in [0.29, 0.717) is 5.56 Å². The van der Waals surface area contributed by atoms with Crippen molar-refractivity contribution in [3.63, 3.8) is 0 Å². The lowest BCUT2D eigenvalue weighted by Gasteiger charge is -2.13. The highest BCUT2D eigenvalue weighted by Gasteiger charge is 2.15. The molecule has 15 heavy (non-hydrogen) atoms. The fourth-order valence-corrected chi connectivity index (χ4v) is 1.62. The number of rotatable bonds is 3. The molecule has 0 amide bonds. The SMILES string of the molecule is [CH2]c1ccc(C(=O)OC)c(C(S)CC)c1. The van der Waals surface area contributed by atoms with Crippen molar-refractivity contribution in [2.45, 2.75) is 18.6 Å². The van der Waals surface area contributed by atoms with Crippen LogP contribution in [-0.2, 0) is 4.74 Å². The fourth-order valence-electron chi connectivity index (χ4n) is 1.40. The molecule has 3 heteroatoms. The van der Waals surface area contributed by atoms with Gasteiger partial charge in [-0.2, -0.15) is 12.6 Å². The third-order valence-electron chi connectivity index (χ3n) is 2.27. The van der Waals surface area contributed by atoms with E-state index in [0.717, 1.165) is 17.5 Å². The average Bonchev–Trinajstić information content (AvgIpc) is 2.26. The molecule has 0 saturated carbocycles. The number of hydrogen-bond donors (Lipinski definition) is 1. The molecule has 1 atom stereocenters. The van der Waals surface area contributed by atoms with Crippen LogP contribution in [0.3, 0.4) is 0 Å². The first-order valence-corrected chi connectivity index (χ1v) is 5.34. The van der Waals surface area contributed by atoms with Crippen molar-refractivity contribution in [3.05, 3.63) is 41.8 Å². The molecule has 1 unspecified atom stereocenters. The lowest BCUT2D eigenvalue weighted by atomic mass is 10.0. The van der Waals surface area contributed by atoms with Gasteiger partial charge in [-0.25, -0.2) is 4.79 Å². The van der Waals surface area contributed by atoms with E-state index in [-0.39, 0.29) is 11.2 Å². The van der Waals surface area contributed by atoms with Gasteiger partial charge in [0, 0.05) is 5.25 Å². The predicted molar refractivity (Wildman–Crippen MR) is 64.3 cm³/mol. The van der Waals surface area contributed by atoms with Crippen molar-refractivity contribution in [1.82, 2.24) is 0 Å². The van der Waals surface area contributed by atoms with E-state index in [2.05, 4.69) is 19.6 Å². The van der Waals surface area contributed by atoms with Crippen LogP contribution in [0.15, 0.2) is 18.2 Å². The number of carbonyl (C=O) groups excluding carboxylic acids is 1. The Balaban J connectivity index is 3.20. The third-order valence-corrected chi connectivity index (χ3v) is 2.91. The van der Waals surface area contributed by atoms with Crippen LogP contribution in [0, 0.1) is 6.92 Å². The second-order valence-corrected chi connectivity index (χ2v) is 3.96. The lowest BCUT2D eigenvalue weighted by Crippen LogP contribution is -2.07. The van der Waals surface area contributed by atoms with Crippen LogP contribution in [0.5, 0.6) is 0 Å². The number of methoxy groups -OCH3 is 1. The summed E-state index contributed by atoms with van der Waals surface area (Å²) in [5, 5.41) is 0.0424. The van der Waals surface area contributed by atoms with E-state index in [1.165, 1.54) is 7.11 Å². The van der Waals surface area contributed by atoms with Crippen LogP contribution in [0.25, 0.3) is 0 Å². The molecule has 0 fully saturated rings. The van der Waals surface area contributed by atoms with Crippen LogP contribution in [0.4, 0.5) is 0 Å². The molecule has 0 aliphatic heterocycles. The van der Waals surface area contributed by atoms with E-state index in [1.807, 2.05) is 13.0 Å². The van der Waals surface area contributed by atoms with Gasteiger partial charge in [0.2, 0.25) is 0 Å². The molecule has 0 aliphatic carbocycles. The van der Waals surface area contributed by atoms with Gasteiger partial charge < -0.3 is 4.74 Å². The number of thiol groups is 1. The summed E-state index contributed by atoms with van der Waals surface area (Å²) < 4.78 is 4.72. The van der Waals surface area contributed by atoms with Crippen LogP contribution in [0.1, 0.15) is 40.1 Å². The highest BCUT2D eigenvalue weighted by Crippen LogP contribution is 2.27. The van der Waals surface area contributed by atoms with Gasteiger partial charge in [0.1, 0.15) is 0 Å². The van der Waals surface area contributed by atoms with Gasteiger partial charge in [-0.15, -0.1) is 0 Å². The molecule has 0 aliphatic rings. The fraction of sp³-hybridized carbons (Fsp3) is 0.333. The maximum absolute atomic E-state index is 11.5. The Kier molecular flexibility index (Phi) is 4.21. The normalized spacial score (nSPS) is 12.3. The number of benzene rings is 1. The van der Waals surface area contributed by atoms with Gasteiger partial charge in [-0.3, -0.25) is 0 Å². The van der Waals surface area contributed by atoms with Crippen molar-refractivity contribution >= 4 is 18.6 Å². The van der Waals surface area contributed by atoms with Gasteiger partial charge in [0.05, 0.1) is 12.7 Å². The minimum absolute atomic E-state index is 0.0424. The van der Waals surface area contributed by atoms with Crippen molar-refractivity contribution in [2.24, 2.45) is 0 Å². The maximum Gasteiger partial charge on any atom is 0.338 e. The van der Waals surface area contributed by atoms with Crippen LogP contribution < -0.4 is 0 Å². The molecule has 1 radical (unpaired) electrons. The molecule has 1 rings (SSSR count). The molecular formula is C12H15O2S. The zero-order valence-electron chi connectivity index (χ0n) is 8.99. The second-order valence-electron chi connectivity index (χ2n) is 3.34. The van der Waals surface area contributed by atoms with E-state index in [4.69, 9.17) is 4.74 Å². The summed E-state index contributed by atoms with van der Waals surface area (Å²) in [5.74, 6) is -0.322. The Bertz CT molecular complexity index is 361.